The molecule has 146 valence electrons. The number of sulfonamides is 1. The van der Waals surface area contributed by atoms with Gasteiger partial charge in [0.2, 0.25) is 15.9 Å². The third-order valence-corrected chi connectivity index (χ3v) is 7.04. The van der Waals surface area contributed by atoms with Crippen LogP contribution in [0.25, 0.3) is 0 Å². The van der Waals surface area contributed by atoms with Crippen molar-refractivity contribution < 1.29 is 13.2 Å². The molecule has 0 spiro atoms. The summed E-state index contributed by atoms with van der Waals surface area (Å²) in [6, 6.07) is 0.353. The maximum atomic E-state index is 12.6. The van der Waals surface area contributed by atoms with Crippen molar-refractivity contribution >= 4 is 15.9 Å². The fraction of sp³-hybridized carbons (Fsp3) is 0.944. The molecule has 0 radical (unpaired) electrons. The van der Waals surface area contributed by atoms with Crippen molar-refractivity contribution in [2.75, 3.05) is 39.0 Å². The number of piperidine rings is 2. The summed E-state index contributed by atoms with van der Waals surface area (Å²) in [5.74, 6) is 1.05. The monoisotopic (exact) mass is 373 g/mol. The molecule has 2 saturated heterocycles. The van der Waals surface area contributed by atoms with Gasteiger partial charge < -0.3 is 5.32 Å². The van der Waals surface area contributed by atoms with Crippen molar-refractivity contribution in [3.63, 3.8) is 0 Å². The fourth-order valence-corrected chi connectivity index (χ4v) is 4.87. The first-order chi connectivity index (χ1) is 11.7. The molecule has 0 aromatic rings. The van der Waals surface area contributed by atoms with Crippen LogP contribution in [0.5, 0.6) is 0 Å². The Labute approximate surface area is 153 Å². The van der Waals surface area contributed by atoms with Gasteiger partial charge in [0, 0.05) is 25.7 Å². The Morgan fingerprint density at radius 3 is 2.36 bits per heavy atom. The highest BCUT2D eigenvalue weighted by Crippen LogP contribution is 2.22. The molecule has 0 aliphatic carbocycles. The van der Waals surface area contributed by atoms with Crippen LogP contribution in [0.4, 0.5) is 0 Å². The van der Waals surface area contributed by atoms with Crippen molar-refractivity contribution in [1.29, 1.82) is 0 Å². The topological polar surface area (TPSA) is 69.7 Å². The Bertz CT molecular complexity index is 542. The van der Waals surface area contributed by atoms with E-state index in [4.69, 9.17) is 0 Å². The van der Waals surface area contributed by atoms with Crippen molar-refractivity contribution in [1.82, 2.24) is 14.5 Å². The van der Waals surface area contributed by atoms with Gasteiger partial charge in [0.1, 0.15) is 0 Å². The van der Waals surface area contributed by atoms with Gasteiger partial charge in [-0.25, -0.2) is 12.7 Å². The Morgan fingerprint density at radius 1 is 1.16 bits per heavy atom. The highest BCUT2D eigenvalue weighted by molar-refractivity contribution is 7.88. The summed E-state index contributed by atoms with van der Waals surface area (Å²) in [6.07, 6.45) is 5.19. The van der Waals surface area contributed by atoms with Crippen LogP contribution in [0.15, 0.2) is 0 Å². The maximum Gasteiger partial charge on any atom is 0.224 e. The second-order valence-electron chi connectivity index (χ2n) is 8.24. The predicted octanol–water partition coefficient (Wildman–Crippen LogP) is 1.53. The molecule has 1 amide bonds. The average Bonchev–Trinajstić information content (AvgIpc) is 2.55. The Balaban J connectivity index is 1.88. The van der Waals surface area contributed by atoms with Crippen LogP contribution < -0.4 is 5.32 Å². The first kappa shape index (κ1) is 20.6. The van der Waals surface area contributed by atoms with Crippen molar-refractivity contribution in [2.45, 2.75) is 52.5 Å². The number of hydrogen-bond donors (Lipinski definition) is 1. The summed E-state index contributed by atoms with van der Waals surface area (Å²) in [6.45, 7) is 10.4. The van der Waals surface area contributed by atoms with Crippen molar-refractivity contribution in [2.24, 2.45) is 17.8 Å². The van der Waals surface area contributed by atoms with E-state index < -0.39 is 10.0 Å². The van der Waals surface area contributed by atoms with Gasteiger partial charge in [0.15, 0.2) is 0 Å². The fourth-order valence-electron chi connectivity index (χ4n) is 3.95. The number of carbonyl (C=O) groups is 1. The van der Waals surface area contributed by atoms with E-state index >= 15 is 0 Å². The number of likely N-dealkylation sites (tertiary alicyclic amines) is 1. The number of carbonyl (C=O) groups excluding carboxylic acids is 1. The molecule has 2 atom stereocenters. The zero-order chi connectivity index (χ0) is 18.6. The van der Waals surface area contributed by atoms with Gasteiger partial charge in [0.05, 0.1) is 12.2 Å². The summed E-state index contributed by atoms with van der Waals surface area (Å²) >= 11 is 0. The second kappa shape index (κ2) is 8.82. The highest BCUT2D eigenvalue weighted by atomic mass is 32.2. The second-order valence-corrected chi connectivity index (χ2v) is 10.2. The van der Waals surface area contributed by atoms with Crippen LogP contribution in [0.2, 0.25) is 0 Å². The molecule has 0 aromatic heterocycles. The van der Waals surface area contributed by atoms with E-state index in [9.17, 15) is 13.2 Å². The molecule has 2 fully saturated rings. The third-order valence-electron chi connectivity index (χ3n) is 5.77. The van der Waals surface area contributed by atoms with Gasteiger partial charge in [0.25, 0.3) is 0 Å². The lowest BCUT2D eigenvalue weighted by Gasteiger charge is -2.39. The molecule has 25 heavy (non-hydrogen) atoms. The van der Waals surface area contributed by atoms with E-state index in [1.807, 2.05) is 0 Å². The van der Waals surface area contributed by atoms with E-state index in [0.29, 0.717) is 31.6 Å². The molecule has 2 heterocycles. The molecular formula is C18H35N3O3S. The SMILES string of the molecule is CC1CCN(C(CNC(=O)C2CCCN(S(C)(=O)=O)C2)C(C)C)CC1. The van der Waals surface area contributed by atoms with E-state index in [2.05, 4.69) is 31.0 Å². The molecule has 2 aliphatic rings. The van der Waals surface area contributed by atoms with E-state index in [0.717, 1.165) is 31.8 Å². The zero-order valence-electron chi connectivity index (χ0n) is 16.2. The normalized spacial score (nSPS) is 25.9. The lowest BCUT2D eigenvalue weighted by molar-refractivity contribution is -0.126. The number of nitrogens with one attached hydrogen (secondary N) is 1. The molecule has 2 unspecified atom stereocenters. The molecule has 7 heteroatoms. The average molecular weight is 374 g/mol. The smallest absolute Gasteiger partial charge is 0.224 e. The summed E-state index contributed by atoms with van der Waals surface area (Å²) in [4.78, 5) is 15.1. The van der Waals surface area contributed by atoms with Crippen LogP contribution in [0.3, 0.4) is 0 Å². The van der Waals surface area contributed by atoms with Crippen LogP contribution in [-0.2, 0) is 14.8 Å². The highest BCUT2D eigenvalue weighted by Gasteiger charge is 2.31. The molecule has 0 bridgehead atoms. The standard InChI is InChI=1S/C18H35N3O3S/c1-14(2)17(20-10-7-15(3)8-11-20)12-19-18(22)16-6-5-9-21(13-16)25(4,23)24/h14-17H,5-13H2,1-4H3,(H,19,22). The van der Waals surface area contributed by atoms with Crippen LogP contribution in [-0.4, -0.2) is 68.6 Å². The summed E-state index contributed by atoms with van der Waals surface area (Å²) in [5, 5.41) is 3.11. The summed E-state index contributed by atoms with van der Waals surface area (Å²) < 4.78 is 24.9. The minimum Gasteiger partial charge on any atom is -0.354 e. The zero-order valence-corrected chi connectivity index (χ0v) is 17.0. The summed E-state index contributed by atoms with van der Waals surface area (Å²) in [5.41, 5.74) is 0. The van der Waals surface area contributed by atoms with Gasteiger partial charge in [-0.3, -0.25) is 9.69 Å². The minimum atomic E-state index is -3.21. The number of amides is 1. The van der Waals surface area contributed by atoms with Crippen LogP contribution >= 0.6 is 0 Å². The maximum absolute atomic E-state index is 12.6. The van der Waals surface area contributed by atoms with Crippen LogP contribution in [0, 0.1) is 17.8 Å². The molecule has 2 aliphatic heterocycles. The largest absolute Gasteiger partial charge is 0.354 e. The van der Waals surface area contributed by atoms with Crippen LogP contribution in [0.1, 0.15) is 46.5 Å². The molecule has 6 nitrogen and oxygen atoms in total. The van der Waals surface area contributed by atoms with Gasteiger partial charge in [-0.1, -0.05) is 20.8 Å². The predicted molar refractivity (Wildman–Crippen MR) is 101 cm³/mol. The summed E-state index contributed by atoms with van der Waals surface area (Å²) in [7, 11) is -3.21. The van der Waals surface area contributed by atoms with Crippen molar-refractivity contribution in [3.8, 4) is 0 Å². The van der Waals surface area contributed by atoms with E-state index in [1.165, 1.54) is 23.4 Å². The van der Waals surface area contributed by atoms with E-state index in [-0.39, 0.29) is 11.8 Å². The first-order valence-electron chi connectivity index (χ1n) is 9.65. The number of nitrogens with zero attached hydrogens (tertiary/aromatic N) is 2. The van der Waals surface area contributed by atoms with E-state index in [1.54, 1.807) is 0 Å². The third kappa shape index (κ3) is 5.93. The molecule has 2 rings (SSSR count). The molecule has 1 N–H and O–H groups in total. The lowest BCUT2D eigenvalue weighted by Crippen LogP contribution is -2.51. The van der Waals surface area contributed by atoms with Gasteiger partial charge in [-0.15, -0.1) is 0 Å². The van der Waals surface area contributed by atoms with Gasteiger partial charge in [-0.05, 0) is 50.6 Å². The Kier molecular flexibility index (Phi) is 7.29. The van der Waals surface area contributed by atoms with Gasteiger partial charge in [-0.2, -0.15) is 0 Å². The van der Waals surface area contributed by atoms with Crippen molar-refractivity contribution in [3.05, 3.63) is 0 Å². The van der Waals surface area contributed by atoms with Gasteiger partial charge >= 0.3 is 0 Å². The Morgan fingerprint density at radius 2 is 1.80 bits per heavy atom. The quantitative estimate of drug-likeness (QED) is 0.767. The number of hydrogen-bond acceptors (Lipinski definition) is 4. The molecule has 0 aromatic carbocycles. The number of rotatable bonds is 6. The first-order valence-corrected chi connectivity index (χ1v) is 11.5. The molecule has 0 saturated carbocycles. The molecular weight excluding hydrogens is 338 g/mol. The minimum absolute atomic E-state index is 0.00405. The Hall–Kier alpha value is -0.660. The lowest BCUT2D eigenvalue weighted by atomic mass is 9.94.